The lowest BCUT2D eigenvalue weighted by Gasteiger charge is -2.34. The van der Waals surface area contributed by atoms with Gasteiger partial charge in [-0.3, -0.25) is 9.59 Å². The predicted octanol–water partition coefficient (Wildman–Crippen LogP) is 6.04. The number of hydrogen-bond acceptors (Lipinski definition) is 5. The minimum atomic E-state index is -1.08. The fraction of sp³-hybridized carbons (Fsp3) is 0.400. The van der Waals surface area contributed by atoms with Gasteiger partial charge in [0, 0.05) is 11.4 Å². The standard InChI is InChI=1S/C25H26Cl2O5/c1-15(2)5-4-6-16(3)11-22-25(14-23(29)32-22)13-18(8-10-21(25)28)31-24(30)19-9-7-17(26)12-20(19)27/h5,7-12,18,22H,4,6,13-14H2,1-3H3/b16-11+/t18-,22-,25+/m1/s1. The van der Waals surface area contributed by atoms with Gasteiger partial charge < -0.3 is 9.47 Å². The molecule has 32 heavy (non-hydrogen) atoms. The maximum absolute atomic E-state index is 12.9. The Morgan fingerprint density at radius 1 is 1.25 bits per heavy atom. The summed E-state index contributed by atoms with van der Waals surface area (Å²) in [5.41, 5.74) is 1.36. The van der Waals surface area contributed by atoms with Crippen molar-refractivity contribution in [2.45, 2.75) is 58.7 Å². The third-order valence-corrected chi connectivity index (χ3v) is 6.27. The van der Waals surface area contributed by atoms with Crippen molar-refractivity contribution in [2.75, 3.05) is 0 Å². The number of carbonyl (C=O) groups is 3. The van der Waals surface area contributed by atoms with E-state index < -0.39 is 29.6 Å². The van der Waals surface area contributed by atoms with Gasteiger partial charge in [-0.1, -0.05) is 40.4 Å². The molecule has 0 bridgehead atoms. The summed E-state index contributed by atoms with van der Waals surface area (Å²) in [6, 6.07) is 4.50. The average molecular weight is 477 g/mol. The smallest absolute Gasteiger partial charge is 0.340 e. The van der Waals surface area contributed by atoms with E-state index in [1.165, 1.54) is 23.8 Å². The summed E-state index contributed by atoms with van der Waals surface area (Å²) in [5.74, 6) is -1.25. The van der Waals surface area contributed by atoms with E-state index in [1.807, 2.05) is 26.8 Å². The second-order valence-corrected chi connectivity index (χ2v) is 9.42. The molecule has 0 N–H and O–H groups in total. The highest BCUT2D eigenvalue weighted by molar-refractivity contribution is 6.36. The molecule has 1 aromatic carbocycles. The Hall–Kier alpha value is -2.37. The Morgan fingerprint density at radius 2 is 2.00 bits per heavy atom. The van der Waals surface area contributed by atoms with Gasteiger partial charge in [0.2, 0.25) is 0 Å². The van der Waals surface area contributed by atoms with Crippen LogP contribution in [0.1, 0.15) is 56.8 Å². The first-order chi connectivity index (χ1) is 15.1. The number of rotatable bonds is 6. The number of benzene rings is 1. The Kier molecular flexibility index (Phi) is 7.63. The summed E-state index contributed by atoms with van der Waals surface area (Å²) < 4.78 is 11.1. The molecule has 0 saturated carbocycles. The number of carbonyl (C=O) groups excluding carboxylic acids is 3. The van der Waals surface area contributed by atoms with E-state index >= 15 is 0 Å². The van der Waals surface area contributed by atoms with Gasteiger partial charge in [-0.05, 0) is 70.0 Å². The van der Waals surface area contributed by atoms with Crippen LogP contribution in [-0.4, -0.2) is 29.9 Å². The van der Waals surface area contributed by atoms with Crippen molar-refractivity contribution in [2.24, 2.45) is 5.41 Å². The molecule has 0 aromatic heterocycles. The second-order valence-electron chi connectivity index (χ2n) is 8.57. The van der Waals surface area contributed by atoms with Gasteiger partial charge in [-0.25, -0.2) is 4.79 Å². The van der Waals surface area contributed by atoms with Crippen LogP contribution in [0.4, 0.5) is 0 Å². The molecule has 1 fully saturated rings. The van der Waals surface area contributed by atoms with E-state index in [0.29, 0.717) is 5.02 Å². The Balaban J connectivity index is 1.78. The maximum Gasteiger partial charge on any atom is 0.340 e. The van der Waals surface area contributed by atoms with E-state index in [1.54, 1.807) is 12.1 Å². The SMILES string of the molecule is CC(C)=CCC/C(C)=C/[C@H]1OC(=O)C[C@]12C[C@H](OC(=O)c1ccc(Cl)cc1Cl)C=CC2=O. The molecular weight excluding hydrogens is 451 g/mol. The zero-order valence-electron chi connectivity index (χ0n) is 18.3. The molecule has 0 radical (unpaired) electrons. The summed E-state index contributed by atoms with van der Waals surface area (Å²) in [4.78, 5) is 37.8. The van der Waals surface area contributed by atoms with E-state index in [2.05, 4.69) is 6.08 Å². The third kappa shape index (κ3) is 5.51. The van der Waals surface area contributed by atoms with E-state index in [9.17, 15) is 14.4 Å². The number of hydrogen-bond donors (Lipinski definition) is 0. The molecule has 1 aromatic rings. The Morgan fingerprint density at radius 3 is 2.69 bits per heavy atom. The quantitative estimate of drug-likeness (QED) is 0.369. The van der Waals surface area contributed by atoms with Crippen LogP contribution in [0.2, 0.25) is 10.0 Å². The minimum Gasteiger partial charge on any atom is -0.457 e. The van der Waals surface area contributed by atoms with Crippen LogP contribution < -0.4 is 0 Å². The molecule has 1 aliphatic heterocycles. The van der Waals surface area contributed by atoms with Crippen LogP contribution in [0, 0.1) is 5.41 Å². The number of cyclic esters (lactones) is 1. The van der Waals surface area contributed by atoms with Crippen molar-refractivity contribution in [3.05, 3.63) is 69.3 Å². The molecule has 7 heteroatoms. The fourth-order valence-electron chi connectivity index (χ4n) is 4.02. The van der Waals surface area contributed by atoms with Crippen LogP contribution in [0.25, 0.3) is 0 Å². The van der Waals surface area contributed by atoms with Crippen molar-refractivity contribution in [1.29, 1.82) is 0 Å². The molecule has 0 amide bonds. The van der Waals surface area contributed by atoms with E-state index in [0.717, 1.165) is 18.4 Å². The lowest BCUT2D eigenvalue weighted by molar-refractivity contribution is -0.140. The van der Waals surface area contributed by atoms with Gasteiger partial charge in [0.1, 0.15) is 12.2 Å². The van der Waals surface area contributed by atoms with Gasteiger partial charge >= 0.3 is 11.9 Å². The molecule has 170 valence electrons. The number of allylic oxidation sites excluding steroid dienone is 4. The first kappa shape index (κ1) is 24.3. The van der Waals surface area contributed by atoms with E-state index in [-0.39, 0.29) is 29.2 Å². The van der Waals surface area contributed by atoms with Crippen LogP contribution in [0.5, 0.6) is 0 Å². The number of ether oxygens (including phenoxy) is 2. The summed E-state index contributed by atoms with van der Waals surface area (Å²) in [6.07, 6.45) is 7.31. The topological polar surface area (TPSA) is 69.7 Å². The number of esters is 2. The molecule has 3 atom stereocenters. The highest BCUT2D eigenvalue weighted by Gasteiger charge is 2.55. The zero-order valence-corrected chi connectivity index (χ0v) is 19.8. The first-order valence-electron chi connectivity index (χ1n) is 10.5. The summed E-state index contributed by atoms with van der Waals surface area (Å²) >= 11 is 12.0. The first-order valence-corrected chi connectivity index (χ1v) is 11.2. The second kappa shape index (κ2) is 10.1. The fourth-order valence-corrected chi connectivity index (χ4v) is 4.50. The third-order valence-electron chi connectivity index (χ3n) is 5.72. The molecule has 1 saturated heterocycles. The largest absolute Gasteiger partial charge is 0.457 e. The van der Waals surface area contributed by atoms with Crippen molar-refractivity contribution in [3.8, 4) is 0 Å². The zero-order chi connectivity index (χ0) is 23.5. The highest BCUT2D eigenvalue weighted by atomic mass is 35.5. The molecule has 3 rings (SSSR count). The molecule has 1 spiro atoms. The van der Waals surface area contributed by atoms with Gasteiger partial charge in [0.25, 0.3) is 0 Å². The Labute approximate surface area is 198 Å². The average Bonchev–Trinajstić information content (AvgIpc) is 2.99. The Bertz CT molecular complexity index is 1020. The lowest BCUT2D eigenvalue weighted by atomic mass is 9.69. The minimum absolute atomic E-state index is 0.0473. The van der Waals surface area contributed by atoms with Gasteiger partial charge in [0.15, 0.2) is 5.78 Å². The van der Waals surface area contributed by atoms with Crippen LogP contribution in [-0.2, 0) is 19.1 Å². The van der Waals surface area contributed by atoms with E-state index in [4.69, 9.17) is 32.7 Å². The van der Waals surface area contributed by atoms with Crippen LogP contribution >= 0.6 is 23.2 Å². The molecule has 0 unspecified atom stereocenters. The van der Waals surface area contributed by atoms with Gasteiger partial charge in [-0.15, -0.1) is 0 Å². The summed E-state index contributed by atoms with van der Waals surface area (Å²) in [5, 5.41) is 0.588. The maximum atomic E-state index is 12.9. The molecule has 1 heterocycles. The monoisotopic (exact) mass is 476 g/mol. The van der Waals surface area contributed by atoms with Crippen molar-refractivity contribution < 1.29 is 23.9 Å². The van der Waals surface area contributed by atoms with Crippen molar-refractivity contribution >= 4 is 40.9 Å². The van der Waals surface area contributed by atoms with Crippen LogP contribution in [0.15, 0.2) is 53.6 Å². The molecular formula is C25H26Cl2O5. The number of halogens is 2. The van der Waals surface area contributed by atoms with Crippen molar-refractivity contribution in [3.63, 3.8) is 0 Å². The molecule has 1 aliphatic carbocycles. The molecule has 5 nitrogen and oxygen atoms in total. The summed E-state index contributed by atoms with van der Waals surface area (Å²) in [6.45, 7) is 6.04. The van der Waals surface area contributed by atoms with Crippen molar-refractivity contribution in [1.82, 2.24) is 0 Å². The van der Waals surface area contributed by atoms with Gasteiger partial charge in [0.05, 0.1) is 22.4 Å². The van der Waals surface area contributed by atoms with Gasteiger partial charge in [-0.2, -0.15) is 0 Å². The predicted molar refractivity (Wildman–Crippen MR) is 124 cm³/mol. The molecule has 2 aliphatic rings. The summed E-state index contributed by atoms with van der Waals surface area (Å²) in [7, 11) is 0. The van der Waals surface area contributed by atoms with Crippen LogP contribution in [0.3, 0.4) is 0 Å². The normalized spacial score (nSPS) is 25.1. The number of ketones is 1. The lowest BCUT2D eigenvalue weighted by Crippen LogP contribution is -2.43. The highest BCUT2D eigenvalue weighted by Crippen LogP contribution is 2.45.